The number of carbonyl (C=O) groups excluding carboxylic acids is 1. The molecule has 0 bridgehead atoms. The van der Waals surface area contributed by atoms with Crippen LogP contribution in [-0.2, 0) is 11.3 Å². The molecule has 0 atom stereocenters. The van der Waals surface area contributed by atoms with Crippen molar-refractivity contribution in [2.75, 3.05) is 7.05 Å². The van der Waals surface area contributed by atoms with Crippen LogP contribution >= 0.6 is 23.2 Å². The highest BCUT2D eigenvalue weighted by Crippen LogP contribution is 2.26. The molecule has 2 rings (SSSR count). The molecule has 0 unspecified atom stereocenters. The minimum Gasteiger partial charge on any atom is -0.338 e. The Kier molecular flexibility index (Phi) is 5.95. The minimum absolute atomic E-state index is 0.0244. The molecule has 0 heterocycles. The van der Waals surface area contributed by atoms with Crippen molar-refractivity contribution in [2.24, 2.45) is 0 Å². The second-order valence-electron chi connectivity index (χ2n) is 5.09. The number of nitro groups is 1. The van der Waals surface area contributed by atoms with E-state index in [1.54, 1.807) is 37.4 Å². The summed E-state index contributed by atoms with van der Waals surface area (Å²) in [5.41, 5.74) is 1.29. The summed E-state index contributed by atoms with van der Waals surface area (Å²) in [5, 5.41) is 11.6. The van der Waals surface area contributed by atoms with E-state index in [4.69, 9.17) is 23.2 Å². The van der Waals surface area contributed by atoms with Gasteiger partial charge in [-0.2, -0.15) is 0 Å². The first-order valence-electron chi connectivity index (χ1n) is 6.99. The van der Waals surface area contributed by atoms with Crippen LogP contribution in [0.3, 0.4) is 0 Å². The molecule has 0 fully saturated rings. The van der Waals surface area contributed by atoms with E-state index in [9.17, 15) is 14.9 Å². The summed E-state index contributed by atoms with van der Waals surface area (Å²) in [6.45, 7) is 0.303. The van der Waals surface area contributed by atoms with Crippen molar-refractivity contribution in [2.45, 2.75) is 6.54 Å². The van der Waals surface area contributed by atoms with Crippen LogP contribution in [0.2, 0.25) is 10.0 Å². The average Bonchev–Trinajstić information content (AvgIpc) is 2.57. The summed E-state index contributed by atoms with van der Waals surface area (Å²) in [7, 11) is 1.64. The highest BCUT2D eigenvalue weighted by atomic mass is 35.5. The van der Waals surface area contributed by atoms with Crippen LogP contribution in [0.15, 0.2) is 48.5 Å². The smallest absolute Gasteiger partial charge is 0.270 e. The molecule has 1 amide bonds. The van der Waals surface area contributed by atoms with Crippen molar-refractivity contribution in [3.8, 4) is 0 Å². The van der Waals surface area contributed by atoms with E-state index in [2.05, 4.69) is 0 Å². The number of amides is 1. The normalized spacial score (nSPS) is 10.8. The molecular formula is C17H14Cl2N2O3. The lowest BCUT2D eigenvalue weighted by Gasteiger charge is -2.16. The van der Waals surface area contributed by atoms with Gasteiger partial charge in [0.05, 0.1) is 15.0 Å². The van der Waals surface area contributed by atoms with Gasteiger partial charge in [0.2, 0.25) is 5.91 Å². The van der Waals surface area contributed by atoms with E-state index in [0.717, 1.165) is 5.56 Å². The van der Waals surface area contributed by atoms with Crippen molar-refractivity contribution >= 4 is 40.9 Å². The summed E-state index contributed by atoms with van der Waals surface area (Å²) in [4.78, 5) is 23.9. The van der Waals surface area contributed by atoms with Gasteiger partial charge in [-0.05, 0) is 23.3 Å². The lowest BCUT2D eigenvalue weighted by molar-refractivity contribution is -0.384. The predicted molar refractivity (Wildman–Crippen MR) is 95.1 cm³/mol. The van der Waals surface area contributed by atoms with Crippen molar-refractivity contribution in [1.82, 2.24) is 4.90 Å². The molecule has 2 aromatic carbocycles. The third-order valence-electron chi connectivity index (χ3n) is 3.31. The number of hydrogen-bond acceptors (Lipinski definition) is 3. The summed E-state index contributed by atoms with van der Waals surface area (Å²) >= 11 is 12.1. The Morgan fingerprint density at radius 1 is 1.25 bits per heavy atom. The minimum atomic E-state index is -0.480. The van der Waals surface area contributed by atoms with Crippen molar-refractivity contribution in [3.05, 3.63) is 79.8 Å². The van der Waals surface area contributed by atoms with Gasteiger partial charge in [-0.1, -0.05) is 47.5 Å². The van der Waals surface area contributed by atoms with Gasteiger partial charge in [0, 0.05) is 31.8 Å². The lowest BCUT2D eigenvalue weighted by atomic mass is 10.2. The third-order valence-corrected chi connectivity index (χ3v) is 4.17. The van der Waals surface area contributed by atoms with Gasteiger partial charge in [0.25, 0.3) is 5.69 Å². The Bertz CT molecular complexity index is 806. The number of non-ortho nitro benzene ring substituents is 1. The second kappa shape index (κ2) is 7.95. The molecule has 0 aliphatic heterocycles. The SMILES string of the molecule is CN(Cc1cccc(Cl)c1Cl)C(=O)/C=C/c1cccc([N+](=O)[O-])c1. The van der Waals surface area contributed by atoms with Crippen LogP contribution < -0.4 is 0 Å². The van der Waals surface area contributed by atoms with E-state index in [0.29, 0.717) is 22.2 Å². The first-order chi connectivity index (χ1) is 11.4. The van der Waals surface area contributed by atoms with Crippen LogP contribution in [0, 0.1) is 10.1 Å². The molecule has 24 heavy (non-hydrogen) atoms. The Hall–Kier alpha value is -2.37. The van der Waals surface area contributed by atoms with Crippen molar-refractivity contribution in [3.63, 3.8) is 0 Å². The Labute approximate surface area is 149 Å². The molecular weight excluding hydrogens is 351 g/mol. The number of likely N-dealkylation sites (N-methyl/N-ethyl adjacent to an activating group) is 1. The average molecular weight is 365 g/mol. The van der Waals surface area contributed by atoms with Crippen LogP contribution in [0.1, 0.15) is 11.1 Å². The molecule has 7 heteroatoms. The van der Waals surface area contributed by atoms with Crippen LogP contribution in [0.5, 0.6) is 0 Å². The van der Waals surface area contributed by atoms with Gasteiger partial charge >= 0.3 is 0 Å². The number of rotatable bonds is 5. The summed E-state index contributed by atoms with van der Waals surface area (Å²) < 4.78 is 0. The molecule has 0 saturated carbocycles. The molecule has 5 nitrogen and oxygen atoms in total. The molecule has 0 aliphatic rings. The third kappa shape index (κ3) is 4.57. The topological polar surface area (TPSA) is 63.5 Å². The molecule has 0 radical (unpaired) electrons. The molecule has 0 aliphatic carbocycles. The number of nitro benzene ring substituents is 1. The number of halogens is 2. The monoisotopic (exact) mass is 364 g/mol. The number of benzene rings is 2. The maximum Gasteiger partial charge on any atom is 0.270 e. The molecule has 0 spiro atoms. The highest BCUT2D eigenvalue weighted by molar-refractivity contribution is 6.42. The van der Waals surface area contributed by atoms with E-state index >= 15 is 0 Å². The van der Waals surface area contributed by atoms with Crippen molar-refractivity contribution in [1.29, 1.82) is 0 Å². The van der Waals surface area contributed by atoms with Gasteiger partial charge < -0.3 is 4.90 Å². The Morgan fingerprint density at radius 2 is 1.96 bits per heavy atom. The largest absolute Gasteiger partial charge is 0.338 e. The maximum absolute atomic E-state index is 12.2. The van der Waals surface area contributed by atoms with Gasteiger partial charge in [-0.15, -0.1) is 0 Å². The Morgan fingerprint density at radius 3 is 2.67 bits per heavy atom. The standard InChI is InChI=1S/C17H14Cl2N2O3/c1-20(11-13-5-3-7-15(18)17(13)19)16(22)9-8-12-4-2-6-14(10-12)21(23)24/h2-10H,11H2,1H3/b9-8+. The molecule has 0 N–H and O–H groups in total. The number of nitrogens with zero attached hydrogens (tertiary/aromatic N) is 2. The summed E-state index contributed by atoms with van der Waals surface area (Å²) in [6, 6.07) is 11.3. The zero-order chi connectivity index (χ0) is 17.7. The van der Waals surface area contributed by atoms with Gasteiger partial charge in [-0.25, -0.2) is 0 Å². The van der Waals surface area contributed by atoms with Gasteiger partial charge in [0.15, 0.2) is 0 Å². The van der Waals surface area contributed by atoms with E-state index in [1.165, 1.54) is 29.2 Å². The Balaban J connectivity index is 2.07. The first-order valence-corrected chi connectivity index (χ1v) is 7.74. The van der Waals surface area contributed by atoms with E-state index in [1.807, 2.05) is 0 Å². The summed E-state index contributed by atoms with van der Waals surface area (Å²) in [5.74, 6) is -0.252. The molecule has 2 aromatic rings. The van der Waals surface area contributed by atoms with E-state index < -0.39 is 4.92 Å². The molecule has 0 saturated heterocycles. The predicted octanol–water partition coefficient (Wildman–Crippen LogP) is 4.57. The van der Waals surface area contributed by atoms with E-state index in [-0.39, 0.29) is 11.6 Å². The quantitative estimate of drug-likeness (QED) is 0.443. The maximum atomic E-state index is 12.2. The molecule has 124 valence electrons. The first kappa shape index (κ1) is 18.0. The zero-order valence-corrected chi connectivity index (χ0v) is 14.3. The van der Waals surface area contributed by atoms with Gasteiger partial charge in [0.1, 0.15) is 0 Å². The van der Waals surface area contributed by atoms with Crippen molar-refractivity contribution < 1.29 is 9.72 Å². The number of hydrogen-bond donors (Lipinski definition) is 0. The van der Waals surface area contributed by atoms with Crippen LogP contribution in [-0.4, -0.2) is 22.8 Å². The summed E-state index contributed by atoms with van der Waals surface area (Å²) in [6.07, 6.45) is 2.89. The second-order valence-corrected chi connectivity index (χ2v) is 5.88. The van der Waals surface area contributed by atoms with Gasteiger partial charge in [-0.3, -0.25) is 14.9 Å². The van der Waals surface area contributed by atoms with Crippen LogP contribution in [0.25, 0.3) is 6.08 Å². The molecule has 0 aromatic heterocycles. The fraction of sp³-hybridized carbons (Fsp3) is 0.118. The number of carbonyl (C=O) groups is 1. The fourth-order valence-electron chi connectivity index (χ4n) is 2.04. The lowest BCUT2D eigenvalue weighted by Crippen LogP contribution is -2.24. The highest BCUT2D eigenvalue weighted by Gasteiger charge is 2.10. The van der Waals surface area contributed by atoms with Crippen LogP contribution in [0.4, 0.5) is 5.69 Å². The zero-order valence-electron chi connectivity index (χ0n) is 12.8. The fourth-order valence-corrected chi connectivity index (χ4v) is 2.42.